The molecule has 4 fully saturated rings. The van der Waals surface area contributed by atoms with Gasteiger partial charge in [0.2, 0.25) is 5.95 Å². The van der Waals surface area contributed by atoms with Gasteiger partial charge in [0.25, 0.3) is 0 Å². The summed E-state index contributed by atoms with van der Waals surface area (Å²) in [5.41, 5.74) is 5.77. The lowest BCUT2D eigenvalue weighted by Crippen LogP contribution is -2.49. The standard InChI is InChI=1S/C34H61N9O3/c1-34(2,3)46-33(44)43(29-8-5-4-6-9-29)13-7-12-39-14-10-28(11-15-39)27-36-32-37-30(35)26-31(38-32)42-20-18-40(19-21-42)16-17-41-22-24-45-25-23-41/h26,28-29H,4-25,27H2,1-3H3,(H3,35,36,37,38). The number of morpholine rings is 1. The van der Waals surface area contributed by atoms with Crippen LogP contribution in [0.2, 0.25) is 0 Å². The number of amides is 1. The zero-order valence-corrected chi connectivity index (χ0v) is 28.9. The van der Waals surface area contributed by atoms with Crippen LogP contribution in [0, 0.1) is 5.92 Å². The van der Waals surface area contributed by atoms with E-state index in [-0.39, 0.29) is 6.09 Å². The molecule has 1 aromatic heterocycles. The average Bonchev–Trinajstić information content (AvgIpc) is 3.05. The van der Waals surface area contributed by atoms with Crippen LogP contribution in [0.1, 0.15) is 72.1 Å². The lowest BCUT2D eigenvalue weighted by atomic mass is 9.94. The van der Waals surface area contributed by atoms with E-state index >= 15 is 0 Å². The van der Waals surface area contributed by atoms with E-state index < -0.39 is 5.60 Å². The summed E-state index contributed by atoms with van der Waals surface area (Å²) in [5, 5.41) is 3.51. The number of carbonyl (C=O) groups excluding carboxylic acids is 1. The van der Waals surface area contributed by atoms with Crippen LogP contribution in [-0.4, -0.2) is 146 Å². The summed E-state index contributed by atoms with van der Waals surface area (Å²) in [4.78, 5) is 34.4. The average molecular weight is 644 g/mol. The number of anilines is 3. The molecule has 0 unspecified atom stereocenters. The van der Waals surface area contributed by atoms with Crippen LogP contribution < -0.4 is 16.0 Å². The van der Waals surface area contributed by atoms with Gasteiger partial charge in [0, 0.05) is 77.6 Å². The fourth-order valence-corrected chi connectivity index (χ4v) is 7.25. The summed E-state index contributed by atoms with van der Waals surface area (Å²) in [5.74, 6) is 2.66. The minimum atomic E-state index is -0.462. The van der Waals surface area contributed by atoms with Crippen LogP contribution in [0.15, 0.2) is 6.07 Å². The molecule has 0 bridgehead atoms. The molecule has 4 heterocycles. The first-order valence-electron chi connectivity index (χ1n) is 18.1. The summed E-state index contributed by atoms with van der Waals surface area (Å²) in [6.07, 6.45) is 9.03. The van der Waals surface area contributed by atoms with Crippen molar-refractivity contribution >= 4 is 23.7 Å². The van der Waals surface area contributed by atoms with Gasteiger partial charge in [0.1, 0.15) is 17.2 Å². The summed E-state index contributed by atoms with van der Waals surface area (Å²) >= 11 is 0. The Hall–Kier alpha value is -2.41. The number of nitrogens with one attached hydrogen (secondary N) is 1. The molecule has 3 N–H and O–H groups in total. The van der Waals surface area contributed by atoms with Gasteiger partial charge in [-0.25, -0.2) is 4.79 Å². The zero-order valence-electron chi connectivity index (χ0n) is 28.9. The predicted octanol–water partition coefficient (Wildman–Crippen LogP) is 3.60. The smallest absolute Gasteiger partial charge is 0.410 e. The molecule has 12 nitrogen and oxygen atoms in total. The maximum Gasteiger partial charge on any atom is 0.410 e. The summed E-state index contributed by atoms with van der Waals surface area (Å²) in [6.45, 7) is 20.7. The Morgan fingerprint density at radius 1 is 0.913 bits per heavy atom. The van der Waals surface area contributed by atoms with Crippen molar-refractivity contribution in [2.45, 2.75) is 83.8 Å². The number of piperidine rings is 1. The molecule has 0 atom stereocenters. The lowest BCUT2D eigenvalue weighted by Gasteiger charge is -2.37. The maximum absolute atomic E-state index is 13.0. The third-order valence-electron chi connectivity index (χ3n) is 10.0. The second-order valence-corrected chi connectivity index (χ2v) is 14.7. The van der Waals surface area contributed by atoms with Gasteiger partial charge < -0.3 is 35.2 Å². The van der Waals surface area contributed by atoms with Gasteiger partial charge in [0.15, 0.2) is 0 Å². The highest BCUT2D eigenvalue weighted by atomic mass is 16.6. The molecule has 260 valence electrons. The van der Waals surface area contributed by atoms with Crippen molar-refractivity contribution in [3.63, 3.8) is 0 Å². The Morgan fingerprint density at radius 2 is 1.57 bits per heavy atom. The molecule has 0 aromatic carbocycles. The fourth-order valence-electron chi connectivity index (χ4n) is 7.25. The quantitative estimate of drug-likeness (QED) is 0.348. The summed E-state index contributed by atoms with van der Waals surface area (Å²) in [7, 11) is 0. The normalized spacial score (nSPS) is 21.8. The van der Waals surface area contributed by atoms with Crippen molar-refractivity contribution in [2.75, 3.05) is 114 Å². The van der Waals surface area contributed by atoms with Crippen molar-refractivity contribution in [3.8, 4) is 0 Å². The summed E-state index contributed by atoms with van der Waals surface area (Å²) < 4.78 is 11.3. The molecule has 3 aliphatic heterocycles. The van der Waals surface area contributed by atoms with Crippen LogP contribution in [0.3, 0.4) is 0 Å². The second kappa shape index (κ2) is 17.1. The van der Waals surface area contributed by atoms with Crippen LogP contribution >= 0.6 is 0 Å². The topological polar surface area (TPSA) is 116 Å². The number of carbonyl (C=O) groups is 1. The van der Waals surface area contributed by atoms with Gasteiger partial charge >= 0.3 is 6.09 Å². The first kappa shape index (κ1) is 34.9. The van der Waals surface area contributed by atoms with E-state index in [4.69, 9.17) is 20.2 Å². The van der Waals surface area contributed by atoms with Crippen molar-refractivity contribution in [1.82, 2.24) is 29.6 Å². The Kier molecular flexibility index (Phi) is 13.0. The first-order valence-corrected chi connectivity index (χ1v) is 18.1. The van der Waals surface area contributed by atoms with Gasteiger partial charge in [-0.15, -0.1) is 0 Å². The molecule has 1 saturated carbocycles. The molecule has 5 rings (SSSR count). The maximum atomic E-state index is 13.0. The van der Waals surface area contributed by atoms with Gasteiger partial charge in [-0.1, -0.05) is 19.3 Å². The monoisotopic (exact) mass is 643 g/mol. The molecule has 3 saturated heterocycles. The fraction of sp³-hybridized carbons (Fsp3) is 0.853. The van der Waals surface area contributed by atoms with Crippen molar-refractivity contribution in [2.24, 2.45) is 5.92 Å². The van der Waals surface area contributed by atoms with E-state index in [1.165, 1.54) is 19.3 Å². The van der Waals surface area contributed by atoms with Gasteiger partial charge in [-0.05, 0) is 78.4 Å². The number of likely N-dealkylation sites (tertiary alicyclic amines) is 1. The Labute approximate surface area is 277 Å². The highest BCUT2D eigenvalue weighted by Gasteiger charge is 2.30. The third-order valence-corrected chi connectivity index (χ3v) is 10.0. The SMILES string of the molecule is CC(C)(C)OC(=O)N(CCCN1CCC(CNc2nc(N)cc(N3CCN(CCN4CCOCC4)CC3)n2)CC1)C1CCCCC1. The van der Waals surface area contributed by atoms with Crippen LogP contribution in [0.5, 0.6) is 0 Å². The van der Waals surface area contributed by atoms with Crippen molar-refractivity contribution < 1.29 is 14.3 Å². The molecule has 0 radical (unpaired) electrons. The van der Waals surface area contributed by atoms with Crippen molar-refractivity contribution in [1.29, 1.82) is 0 Å². The molecule has 12 heteroatoms. The van der Waals surface area contributed by atoms with Crippen molar-refractivity contribution in [3.05, 3.63) is 6.07 Å². The summed E-state index contributed by atoms with van der Waals surface area (Å²) in [6, 6.07) is 2.23. The van der Waals surface area contributed by atoms with E-state index in [0.29, 0.717) is 23.7 Å². The Morgan fingerprint density at radius 3 is 2.24 bits per heavy atom. The molecule has 1 aromatic rings. The molecular formula is C34H61N9O3. The highest BCUT2D eigenvalue weighted by molar-refractivity contribution is 5.68. The lowest BCUT2D eigenvalue weighted by molar-refractivity contribution is 0.0111. The number of piperazine rings is 1. The molecule has 1 amide bonds. The Balaban J connectivity index is 1.00. The molecule has 0 spiro atoms. The number of rotatable bonds is 12. The Bertz CT molecular complexity index is 1060. The third kappa shape index (κ3) is 11.1. The molecule has 1 aliphatic carbocycles. The number of nitrogen functional groups attached to an aromatic ring is 1. The molecular weight excluding hydrogens is 582 g/mol. The van der Waals surface area contributed by atoms with Crippen LogP contribution in [-0.2, 0) is 9.47 Å². The molecule has 4 aliphatic rings. The van der Waals surface area contributed by atoms with Gasteiger partial charge in [0.05, 0.1) is 13.2 Å². The van der Waals surface area contributed by atoms with Gasteiger partial charge in [-0.3, -0.25) is 9.80 Å². The number of nitrogens with two attached hydrogens (primary N) is 1. The number of aromatic nitrogens is 2. The van der Waals surface area contributed by atoms with E-state index in [2.05, 4.69) is 29.9 Å². The molecule has 46 heavy (non-hydrogen) atoms. The minimum absolute atomic E-state index is 0.141. The zero-order chi connectivity index (χ0) is 32.4. The number of hydrogen-bond acceptors (Lipinski definition) is 11. The first-order chi connectivity index (χ1) is 22.2. The number of ether oxygens (including phenoxy) is 2. The minimum Gasteiger partial charge on any atom is -0.444 e. The van der Waals surface area contributed by atoms with Crippen LogP contribution in [0.4, 0.5) is 22.4 Å². The van der Waals surface area contributed by atoms with E-state index in [9.17, 15) is 4.79 Å². The van der Waals surface area contributed by atoms with Crippen LogP contribution in [0.25, 0.3) is 0 Å². The second-order valence-electron chi connectivity index (χ2n) is 14.7. The number of hydrogen-bond donors (Lipinski definition) is 2. The predicted molar refractivity (Wildman–Crippen MR) is 184 cm³/mol. The van der Waals surface area contributed by atoms with Gasteiger partial charge in [-0.2, -0.15) is 9.97 Å². The van der Waals surface area contributed by atoms with E-state index in [0.717, 1.165) is 136 Å². The van der Waals surface area contributed by atoms with E-state index in [1.807, 2.05) is 31.7 Å². The van der Waals surface area contributed by atoms with E-state index in [1.54, 1.807) is 0 Å². The largest absolute Gasteiger partial charge is 0.444 e. The highest BCUT2D eigenvalue weighted by Crippen LogP contribution is 2.25. The number of nitrogens with zero attached hydrogens (tertiary/aromatic N) is 7.